The molecule has 38 valence electrons. The van der Waals surface area contributed by atoms with Crippen molar-refractivity contribution in [1.29, 1.82) is 0 Å². The van der Waals surface area contributed by atoms with E-state index in [0.717, 1.165) is 6.92 Å². The van der Waals surface area contributed by atoms with Gasteiger partial charge in [-0.1, -0.05) is 0 Å². The molecule has 7 heavy (non-hydrogen) atoms. The maximum atomic E-state index is 9.00. The van der Waals surface area contributed by atoms with Crippen LogP contribution in [-0.4, -0.2) is 35.4 Å². The van der Waals surface area contributed by atoms with Crippen LogP contribution in [0.4, 0.5) is 0 Å². The average molecular weight is 177 g/mol. The van der Waals surface area contributed by atoms with Crippen molar-refractivity contribution in [1.82, 2.24) is 0 Å². The van der Waals surface area contributed by atoms with Gasteiger partial charge in [0.15, 0.2) is 0 Å². The Kier molecular flexibility index (Phi) is 55.7. The Bertz CT molecular complexity index is 35.9. The average Bonchev–Trinajstić information content (AvgIpc) is 0.811. The predicted molar refractivity (Wildman–Crippen MR) is 24.1 cm³/mol. The second-order valence-corrected chi connectivity index (χ2v) is 0.519. The molecule has 0 aliphatic heterocycles. The standard InChI is InChI=1S/C2H4O2.Li.H2O.Zr.H/c1-2(3)4;;;;/h1H3,(H,3,4);;1H2;;. The van der Waals surface area contributed by atoms with Crippen LogP contribution in [0, 0.1) is 0 Å². The van der Waals surface area contributed by atoms with Crippen molar-refractivity contribution >= 4 is 24.8 Å². The molecule has 0 aliphatic carbocycles. The molecular formula is C2H7LiO3Zr. The third-order valence-corrected chi connectivity index (χ3v) is 0. The maximum absolute atomic E-state index is 9.00. The van der Waals surface area contributed by atoms with Gasteiger partial charge < -0.3 is 10.6 Å². The Balaban J connectivity index is -0.0000000150. The van der Waals surface area contributed by atoms with Crippen molar-refractivity contribution in [3.63, 3.8) is 0 Å². The van der Waals surface area contributed by atoms with Crippen molar-refractivity contribution in [3.8, 4) is 0 Å². The predicted octanol–water partition coefficient (Wildman–Crippen LogP) is -1.38. The van der Waals surface area contributed by atoms with Crippen molar-refractivity contribution in [2.45, 2.75) is 6.92 Å². The Morgan fingerprint density at radius 3 is 1.57 bits per heavy atom. The van der Waals surface area contributed by atoms with Crippen LogP contribution in [0.5, 0.6) is 0 Å². The quantitative estimate of drug-likeness (QED) is 0.463. The number of carbonyl (C=O) groups is 1. The van der Waals surface area contributed by atoms with Crippen molar-refractivity contribution in [2.75, 3.05) is 0 Å². The van der Waals surface area contributed by atoms with E-state index in [1.807, 2.05) is 0 Å². The van der Waals surface area contributed by atoms with Gasteiger partial charge in [0, 0.05) is 33.1 Å². The Hall–Kier alpha value is 0.911. The Morgan fingerprint density at radius 2 is 1.57 bits per heavy atom. The fraction of sp³-hybridized carbons (Fsp3) is 0.500. The van der Waals surface area contributed by atoms with Crippen LogP contribution >= 0.6 is 0 Å². The molecule has 0 saturated carbocycles. The van der Waals surface area contributed by atoms with Crippen molar-refractivity contribution < 1.29 is 41.6 Å². The number of carboxylic acid groups (broad SMARTS) is 1. The largest absolute Gasteiger partial charge is 0 e. The minimum Gasteiger partial charge on any atom is 0 e. The van der Waals surface area contributed by atoms with Crippen LogP contribution in [0.15, 0.2) is 0 Å². The first-order valence-corrected chi connectivity index (χ1v) is 0.928. The third kappa shape index (κ3) is 201. The maximum Gasteiger partial charge on any atom is 0 e. The van der Waals surface area contributed by atoms with Gasteiger partial charge in [-0.15, -0.1) is 0 Å². The first kappa shape index (κ1) is 24.7. The molecule has 0 bridgehead atoms. The van der Waals surface area contributed by atoms with E-state index in [9.17, 15) is 0 Å². The van der Waals surface area contributed by atoms with Gasteiger partial charge in [-0.25, -0.2) is 0 Å². The van der Waals surface area contributed by atoms with Gasteiger partial charge in [0.05, 0.1) is 0 Å². The summed E-state index contributed by atoms with van der Waals surface area (Å²) < 4.78 is 0. The summed E-state index contributed by atoms with van der Waals surface area (Å²) in [7, 11) is 0. The first-order chi connectivity index (χ1) is 1.73. The van der Waals surface area contributed by atoms with E-state index in [4.69, 9.17) is 9.90 Å². The van der Waals surface area contributed by atoms with Crippen LogP contribution < -0.4 is 0 Å². The summed E-state index contributed by atoms with van der Waals surface area (Å²) in [6.07, 6.45) is 0. The number of hydrogen-bond acceptors (Lipinski definition) is 1. The summed E-state index contributed by atoms with van der Waals surface area (Å²) in [6.45, 7) is 1.08. The Morgan fingerprint density at radius 1 is 1.57 bits per heavy atom. The molecular weight excluding hydrogens is 170 g/mol. The zero-order chi connectivity index (χ0) is 3.58. The van der Waals surface area contributed by atoms with Gasteiger partial charge in [-0.2, -0.15) is 0 Å². The van der Waals surface area contributed by atoms with Gasteiger partial charge in [0.2, 0.25) is 0 Å². The van der Waals surface area contributed by atoms with Crippen molar-refractivity contribution in [3.05, 3.63) is 0 Å². The molecule has 0 atom stereocenters. The molecule has 0 heterocycles. The topological polar surface area (TPSA) is 68.8 Å². The molecule has 0 fully saturated rings. The van der Waals surface area contributed by atoms with E-state index in [0.29, 0.717) is 0 Å². The molecule has 0 radical (unpaired) electrons. The van der Waals surface area contributed by atoms with Crippen LogP contribution in [0.3, 0.4) is 0 Å². The minimum atomic E-state index is -0.833. The monoisotopic (exact) mass is 176 g/mol. The van der Waals surface area contributed by atoms with Crippen LogP contribution in [0.1, 0.15) is 6.92 Å². The molecule has 0 saturated heterocycles. The zero-order valence-corrected chi connectivity index (χ0v) is 5.81. The third-order valence-electron chi connectivity index (χ3n) is 0. The van der Waals surface area contributed by atoms with Crippen LogP contribution in [-0.2, 0) is 31.0 Å². The van der Waals surface area contributed by atoms with E-state index < -0.39 is 5.97 Å². The zero-order valence-electron chi connectivity index (χ0n) is 3.36. The van der Waals surface area contributed by atoms with Gasteiger partial charge >= 0.3 is 18.9 Å². The summed E-state index contributed by atoms with van der Waals surface area (Å²) in [5.41, 5.74) is 0. The fourth-order valence-corrected chi connectivity index (χ4v) is 0. The molecule has 0 spiro atoms. The van der Waals surface area contributed by atoms with E-state index in [-0.39, 0.29) is 50.5 Å². The smallest absolute Gasteiger partial charge is 0 e. The van der Waals surface area contributed by atoms with Crippen molar-refractivity contribution in [2.24, 2.45) is 0 Å². The minimum absolute atomic E-state index is 0. The van der Waals surface area contributed by atoms with Gasteiger partial charge in [0.25, 0.3) is 5.97 Å². The van der Waals surface area contributed by atoms with Gasteiger partial charge in [0.1, 0.15) is 0 Å². The number of rotatable bonds is 0. The van der Waals surface area contributed by atoms with Gasteiger partial charge in [-0.3, -0.25) is 4.79 Å². The van der Waals surface area contributed by atoms with E-state index in [1.165, 1.54) is 0 Å². The second-order valence-electron chi connectivity index (χ2n) is 0.519. The number of hydrogen-bond donors (Lipinski definition) is 1. The fourth-order valence-electron chi connectivity index (χ4n) is 0. The summed E-state index contributed by atoms with van der Waals surface area (Å²) in [5, 5.41) is 7.42. The van der Waals surface area contributed by atoms with Crippen LogP contribution in [0.25, 0.3) is 0 Å². The SMILES string of the molecule is CC(=O)O.O.[LiH].[Zr]. The number of aliphatic carboxylic acids is 1. The molecule has 3 nitrogen and oxygen atoms in total. The first-order valence-electron chi connectivity index (χ1n) is 0.928. The van der Waals surface area contributed by atoms with E-state index in [1.54, 1.807) is 0 Å². The molecule has 3 N–H and O–H groups in total. The molecule has 0 aromatic rings. The Labute approximate surface area is 73.1 Å². The normalized spacial score (nSPS) is 3.57. The summed E-state index contributed by atoms with van der Waals surface area (Å²) >= 11 is 0. The molecule has 0 aromatic carbocycles. The second kappa shape index (κ2) is 15.8. The molecule has 0 unspecified atom stereocenters. The van der Waals surface area contributed by atoms with Gasteiger partial charge in [-0.05, 0) is 0 Å². The van der Waals surface area contributed by atoms with Crippen LogP contribution in [0.2, 0.25) is 0 Å². The summed E-state index contributed by atoms with van der Waals surface area (Å²) in [5.74, 6) is -0.833. The van der Waals surface area contributed by atoms with E-state index in [2.05, 4.69) is 0 Å². The summed E-state index contributed by atoms with van der Waals surface area (Å²) in [4.78, 5) is 9.00. The molecule has 0 aromatic heterocycles. The van der Waals surface area contributed by atoms with E-state index >= 15 is 0 Å². The summed E-state index contributed by atoms with van der Waals surface area (Å²) in [6, 6.07) is 0. The molecule has 5 heteroatoms. The number of carboxylic acids is 1. The molecule has 0 aliphatic rings. The molecule has 0 rings (SSSR count). The molecule has 0 amide bonds.